The van der Waals surface area contributed by atoms with Crippen molar-refractivity contribution >= 4 is 173 Å². The van der Waals surface area contributed by atoms with Gasteiger partial charge >= 0.3 is 0 Å². The summed E-state index contributed by atoms with van der Waals surface area (Å²) in [5.41, 5.74) is -0.617. The fourth-order valence-corrected chi connectivity index (χ4v) is 13.9. The maximum atomic E-state index is 15.1. The van der Waals surface area contributed by atoms with Crippen LogP contribution in [0.15, 0.2) is 48.5 Å². The summed E-state index contributed by atoms with van der Waals surface area (Å²) in [6, 6.07) is 16.2. The third-order valence-electron chi connectivity index (χ3n) is 15.7. The van der Waals surface area contributed by atoms with E-state index in [9.17, 15) is 20.4 Å². The molecule has 0 bridgehead atoms. The Morgan fingerprint density at radius 1 is 0.351 bits per heavy atom. The van der Waals surface area contributed by atoms with Gasteiger partial charge in [-0.1, -0.05) is 48.5 Å². The fraction of sp³-hybridized carbons (Fsp3) is 0.143. The molecule has 0 atom stereocenters. The minimum absolute atomic E-state index is 0.514. The number of benzene rings is 10. The summed E-state index contributed by atoms with van der Waals surface area (Å²) in [6.07, 6.45) is 0. The standard InChI is InChI=1S/C49H24N2O6/c52-9-13(10-53)50-47(56)49(48(57)51-14(11-54)12-55)45-31-21-7-5-19-17-3-1-15-16-2-4-18-20-6-8-22-30-28(20)35-26(18)24(16)33-23(15)25(17)34-27(19)29(21)36-38(31)39(32(22)46(45)49)37(30)44-42(35)40(33)41(34)43(36)44/h1-8,13-14,52-55H,9-12H2,(H,50,56)(H,51,57). The van der Waals surface area contributed by atoms with Crippen LogP contribution in [0.3, 0.4) is 0 Å². The van der Waals surface area contributed by atoms with Crippen LogP contribution in [0.25, 0.3) is 162 Å². The van der Waals surface area contributed by atoms with E-state index in [0.717, 1.165) is 32.3 Å². The monoisotopic (exact) mass is 736 g/mol. The molecule has 16 aromatic rings. The minimum atomic E-state index is -1.85. The third-order valence-corrected chi connectivity index (χ3v) is 15.7. The molecule has 0 aliphatic heterocycles. The van der Waals surface area contributed by atoms with Crippen LogP contribution < -0.4 is 10.6 Å². The van der Waals surface area contributed by atoms with Gasteiger partial charge in [0, 0.05) is 0 Å². The first-order valence-corrected chi connectivity index (χ1v) is 19.8. The van der Waals surface area contributed by atoms with Gasteiger partial charge in [-0.05, 0) is 173 Å². The van der Waals surface area contributed by atoms with Gasteiger partial charge in [-0.25, -0.2) is 0 Å². The van der Waals surface area contributed by atoms with Crippen LogP contribution in [0.5, 0.6) is 0 Å². The van der Waals surface area contributed by atoms with Gasteiger partial charge in [-0.15, -0.1) is 0 Å². The van der Waals surface area contributed by atoms with E-state index in [0.29, 0.717) is 11.1 Å². The Hall–Kier alpha value is -6.42. The van der Waals surface area contributed by atoms with Crippen molar-refractivity contribution in [2.45, 2.75) is 17.5 Å². The number of aliphatic hydroxyl groups excluding tert-OH is 4. The Labute approximate surface area is 316 Å². The largest absolute Gasteiger partial charge is 0.394 e. The number of carbonyl (C=O) groups excluding carboxylic acids is 2. The van der Waals surface area contributed by atoms with Crippen LogP contribution >= 0.6 is 0 Å². The average molecular weight is 737 g/mol. The molecule has 16 aromatic carbocycles. The molecule has 1 aliphatic carbocycles. The highest BCUT2D eigenvalue weighted by atomic mass is 16.3. The van der Waals surface area contributed by atoms with Gasteiger partial charge in [0.05, 0.1) is 38.5 Å². The predicted octanol–water partition coefficient (Wildman–Crippen LogP) is 7.21. The summed E-state index contributed by atoms with van der Waals surface area (Å²) in [4.78, 5) is 30.2. The molecule has 0 radical (unpaired) electrons. The zero-order chi connectivity index (χ0) is 37.2. The fourth-order valence-electron chi connectivity index (χ4n) is 13.9. The lowest BCUT2D eigenvalue weighted by Crippen LogP contribution is -2.54. The van der Waals surface area contributed by atoms with Crippen molar-refractivity contribution in [1.29, 1.82) is 0 Å². The number of fused-ring (bicyclic) bond motifs is 8. The highest BCUT2D eigenvalue weighted by Crippen LogP contribution is 2.71. The number of hydrogen-bond acceptors (Lipinski definition) is 6. The summed E-state index contributed by atoms with van der Waals surface area (Å²) in [7, 11) is 0. The summed E-state index contributed by atoms with van der Waals surface area (Å²) < 4.78 is 0. The molecule has 6 N–H and O–H groups in total. The molecule has 2 amide bonds. The predicted molar refractivity (Wildman–Crippen MR) is 227 cm³/mol. The number of nitrogens with one attached hydrogen (secondary N) is 2. The highest BCUT2D eigenvalue weighted by molar-refractivity contribution is 6.71. The minimum Gasteiger partial charge on any atom is -0.394 e. The van der Waals surface area contributed by atoms with E-state index in [-0.39, 0.29) is 0 Å². The van der Waals surface area contributed by atoms with Crippen LogP contribution in [0, 0.1) is 0 Å². The van der Waals surface area contributed by atoms with Gasteiger partial charge < -0.3 is 31.1 Å². The van der Waals surface area contributed by atoms with Crippen molar-refractivity contribution in [3.8, 4) is 0 Å². The zero-order valence-corrected chi connectivity index (χ0v) is 29.7. The normalized spacial score (nSPS) is 15.9. The second-order valence-corrected chi connectivity index (χ2v) is 17.5. The molecular weight excluding hydrogens is 713 g/mol. The first kappa shape index (κ1) is 28.0. The number of rotatable bonds is 8. The smallest absolute Gasteiger partial charge is 0.245 e. The van der Waals surface area contributed by atoms with E-state index in [1.54, 1.807) is 0 Å². The van der Waals surface area contributed by atoms with Crippen molar-refractivity contribution in [2.75, 3.05) is 26.4 Å². The lowest BCUT2D eigenvalue weighted by atomic mass is 9.90. The molecule has 0 spiro atoms. The van der Waals surface area contributed by atoms with E-state index in [4.69, 9.17) is 0 Å². The molecule has 266 valence electrons. The SMILES string of the molecule is O=C(NC(CO)CO)C1(C(=O)NC(CO)CO)c2c1c1c3ccc4c5ccc6c7ccc8c9ccc%10c2c2c1c1c3c4c3c5c6c4c7c8c5c9c%10c2c2c5c4c3c12. The Morgan fingerprint density at radius 3 is 0.842 bits per heavy atom. The molecule has 0 saturated heterocycles. The lowest BCUT2D eigenvalue weighted by molar-refractivity contribution is -0.135. The number of amides is 2. The van der Waals surface area contributed by atoms with E-state index >= 15 is 9.59 Å². The van der Waals surface area contributed by atoms with Gasteiger partial charge in [0.15, 0.2) is 5.41 Å². The van der Waals surface area contributed by atoms with Crippen molar-refractivity contribution in [3.63, 3.8) is 0 Å². The summed E-state index contributed by atoms with van der Waals surface area (Å²) in [6.45, 7) is -2.06. The van der Waals surface area contributed by atoms with Crippen LogP contribution in [-0.2, 0) is 15.0 Å². The van der Waals surface area contributed by atoms with Crippen LogP contribution in [0.1, 0.15) is 11.1 Å². The number of aliphatic hydroxyl groups is 4. The topological polar surface area (TPSA) is 139 Å². The van der Waals surface area contributed by atoms with Gasteiger partial charge in [0.1, 0.15) is 0 Å². The van der Waals surface area contributed by atoms with E-state index < -0.39 is 55.7 Å². The van der Waals surface area contributed by atoms with E-state index in [1.807, 2.05) is 0 Å². The quantitative estimate of drug-likeness (QED) is 0.0720. The molecule has 8 nitrogen and oxygen atoms in total. The molecule has 0 saturated carbocycles. The Balaban J connectivity index is 1.22. The molecule has 0 aromatic heterocycles. The molecule has 1 aliphatic rings. The average Bonchev–Trinajstić information content (AvgIpc) is 3.81. The third kappa shape index (κ3) is 2.25. The summed E-state index contributed by atoms with van der Waals surface area (Å²) in [5.74, 6) is -1.29. The van der Waals surface area contributed by atoms with Crippen LogP contribution in [0.4, 0.5) is 0 Å². The highest BCUT2D eigenvalue weighted by Gasteiger charge is 2.66. The van der Waals surface area contributed by atoms with Gasteiger partial charge in [-0.2, -0.15) is 0 Å². The molecule has 0 unspecified atom stereocenters. The van der Waals surface area contributed by atoms with Gasteiger partial charge in [0.25, 0.3) is 0 Å². The number of hydrogen-bond donors (Lipinski definition) is 6. The van der Waals surface area contributed by atoms with Crippen LogP contribution in [0.2, 0.25) is 0 Å². The van der Waals surface area contributed by atoms with Gasteiger partial charge in [-0.3, -0.25) is 9.59 Å². The van der Waals surface area contributed by atoms with E-state index in [1.165, 1.54) is 129 Å². The lowest BCUT2D eigenvalue weighted by Gasteiger charge is -2.22. The van der Waals surface area contributed by atoms with E-state index in [2.05, 4.69) is 59.2 Å². The zero-order valence-electron chi connectivity index (χ0n) is 29.7. The summed E-state index contributed by atoms with van der Waals surface area (Å²) in [5, 5.41) is 83.2. The Morgan fingerprint density at radius 2 is 0.561 bits per heavy atom. The molecule has 0 fully saturated rings. The number of carbonyl (C=O) groups is 2. The van der Waals surface area contributed by atoms with Crippen LogP contribution in [-0.4, -0.2) is 70.8 Å². The Kier molecular flexibility index (Phi) is 3.90. The molecule has 57 heavy (non-hydrogen) atoms. The maximum Gasteiger partial charge on any atom is 0.245 e. The maximum absolute atomic E-state index is 15.1. The van der Waals surface area contributed by atoms with Gasteiger partial charge in [0.2, 0.25) is 11.8 Å². The van der Waals surface area contributed by atoms with Crippen molar-refractivity contribution < 1.29 is 30.0 Å². The second kappa shape index (κ2) is 7.92. The molecular formula is C49H24N2O6. The molecule has 8 heteroatoms. The van der Waals surface area contributed by atoms with Crippen molar-refractivity contribution in [3.05, 3.63) is 59.7 Å². The second-order valence-electron chi connectivity index (χ2n) is 17.5. The Bertz CT molecular complexity index is 4090. The first-order chi connectivity index (χ1) is 28.0. The molecule has 0 heterocycles. The van der Waals surface area contributed by atoms with Crippen molar-refractivity contribution in [2.24, 2.45) is 0 Å². The first-order valence-electron chi connectivity index (χ1n) is 19.8. The van der Waals surface area contributed by atoms with Crippen molar-refractivity contribution in [1.82, 2.24) is 10.6 Å². The summed E-state index contributed by atoms with van der Waals surface area (Å²) >= 11 is 0. The molecule has 17 rings (SSSR count).